The number of hydrogen-bond donors (Lipinski definition) is 5. The second kappa shape index (κ2) is 16.6. The maximum Gasteiger partial charge on any atom is 0.328 e. The molecule has 226 valence electrons. The van der Waals surface area contributed by atoms with E-state index in [0.717, 1.165) is 5.56 Å². The predicted octanol–water partition coefficient (Wildman–Crippen LogP) is 2.23. The fraction of sp³-hybridized carbons (Fsp3) is 0.552. The molecule has 0 saturated heterocycles. The number of ether oxygens (including phenoxy) is 1. The van der Waals surface area contributed by atoms with E-state index in [1.54, 1.807) is 45.9 Å². The van der Waals surface area contributed by atoms with E-state index in [9.17, 15) is 24.0 Å². The molecule has 4 atom stereocenters. The Balaban J connectivity index is 2.18. The number of rotatable bonds is 9. The van der Waals surface area contributed by atoms with Gasteiger partial charge in [-0.25, -0.2) is 9.59 Å². The van der Waals surface area contributed by atoms with E-state index in [-0.39, 0.29) is 17.7 Å². The van der Waals surface area contributed by atoms with Gasteiger partial charge in [-0.05, 0) is 55.2 Å². The van der Waals surface area contributed by atoms with Gasteiger partial charge >= 0.3 is 12.0 Å². The van der Waals surface area contributed by atoms with E-state index >= 15 is 0 Å². The molecule has 1 aromatic rings. The molecule has 1 aromatic carbocycles. The molecule has 41 heavy (non-hydrogen) atoms. The average Bonchev–Trinajstić information content (AvgIpc) is 2.92. The van der Waals surface area contributed by atoms with E-state index in [0.29, 0.717) is 37.3 Å². The molecule has 2 unspecified atom stereocenters. The molecule has 1 aliphatic heterocycles. The number of urea groups is 1. The smallest absolute Gasteiger partial charge is 0.328 e. The Labute approximate surface area is 246 Å². The van der Waals surface area contributed by atoms with E-state index < -0.39 is 48.0 Å². The van der Waals surface area contributed by atoms with Crippen molar-refractivity contribution in [3.8, 4) is 0 Å². The molecule has 5 N–H and O–H groups in total. The Morgan fingerprint density at radius 1 is 1.00 bits per heavy atom. The summed E-state index contributed by atoms with van der Waals surface area (Å²) < 4.78 is 4.76. The van der Waals surface area contributed by atoms with Crippen LogP contribution in [0.4, 0.5) is 4.79 Å². The Bertz CT molecular complexity index is 1090. The van der Waals surface area contributed by atoms with Gasteiger partial charge in [-0.3, -0.25) is 14.4 Å². The van der Waals surface area contributed by atoms with E-state index in [1.807, 2.05) is 12.1 Å². The fourth-order valence-corrected chi connectivity index (χ4v) is 4.41. The second-order valence-corrected chi connectivity index (χ2v) is 11.2. The van der Waals surface area contributed by atoms with Gasteiger partial charge in [-0.15, -0.1) is 0 Å². The highest BCUT2D eigenvalue weighted by molar-refractivity contribution is 6.30. The number of amides is 5. The highest BCUT2D eigenvalue weighted by Crippen LogP contribution is 2.13. The van der Waals surface area contributed by atoms with Crippen molar-refractivity contribution < 1.29 is 28.7 Å². The van der Waals surface area contributed by atoms with Crippen molar-refractivity contribution in [3.05, 3.63) is 47.0 Å². The number of benzene rings is 1. The molecule has 2 rings (SSSR count). The number of halogens is 1. The van der Waals surface area contributed by atoms with Crippen molar-refractivity contribution in [1.82, 2.24) is 26.6 Å². The van der Waals surface area contributed by atoms with Crippen LogP contribution in [0.3, 0.4) is 0 Å². The molecule has 1 heterocycles. The third-order valence-corrected chi connectivity index (χ3v) is 6.92. The number of carbonyl (C=O) groups excluding carboxylic acids is 5. The molecule has 11 nitrogen and oxygen atoms in total. The van der Waals surface area contributed by atoms with Crippen LogP contribution in [-0.2, 0) is 30.3 Å². The van der Waals surface area contributed by atoms with Crippen molar-refractivity contribution >= 4 is 41.3 Å². The lowest BCUT2D eigenvalue weighted by molar-refractivity contribution is -0.144. The molecule has 0 radical (unpaired) electrons. The monoisotopic (exact) mass is 591 g/mol. The number of esters is 1. The number of carbonyl (C=O) groups is 5. The van der Waals surface area contributed by atoms with E-state index in [2.05, 4.69) is 26.6 Å². The first-order valence-corrected chi connectivity index (χ1v) is 14.2. The summed E-state index contributed by atoms with van der Waals surface area (Å²) in [5, 5.41) is 14.3. The zero-order valence-electron chi connectivity index (χ0n) is 24.3. The van der Waals surface area contributed by atoms with Gasteiger partial charge in [0.25, 0.3) is 0 Å². The minimum atomic E-state index is -0.973. The van der Waals surface area contributed by atoms with Gasteiger partial charge in [0, 0.05) is 17.6 Å². The van der Waals surface area contributed by atoms with Crippen LogP contribution in [0.1, 0.15) is 52.5 Å². The van der Waals surface area contributed by atoms with Crippen LogP contribution in [0.25, 0.3) is 0 Å². The Morgan fingerprint density at radius 2 is 1.63 bits per heavy atom. The van der Waals surface area contributed by atoms with Gasteiger partial charge in [-0.2, -0.15) is 0 Å². The maximum atomic E-state index is 13.4. The van der Waals surface area contributed by atoms with Crippen molar-refractivity contribution in [2.75, 3.05) is 13.7 Å². The molecule has 0 aliphatic carbocycles. The van der Waals surface area contributed by atoms with Crippen LogP contribution in [0.5, 0.6) is 0 Å². The summed E-state index contributed by atoms with van der Waals surface area (Å²) in [6.45, 7) is 7.49. The van der Waals surface area contributed by atoms with Gasteiger partial charge in [0.2, 0.25) is 17.7 Å². The third kappa shape index (κ3) is 11.4. The fourth-order valence-electron chi connectivity index (χ4n) is 4.29. The first kappa shape index (κ1) is 33.6. The minimum absolute atomic E-state index is 0.237. The lowest BCUT2D eigenvalue weighted by atomic mass is 10.0. The zero-order valence-corrected chi connectivity index (χ0v) is 25.0. The number of hydrogen-bond acceptors (Lipinski definition) is 6. The Hall–Kier alpha value is -3.60. The topological polar surface area (TPSA) is 155 Å². The summed E-state index contributed by atoms with van der Waals surface area (Å²) in [5.41, 5.74) is 0.902. The SMILES string of the molecule is COC(=O)C(NC(=O)NC(C(=O)N[C@H]1CCCCNC(=O)C=C[C@H](Cc2ccc(Cl)cc2)NC1=O)C(C)C)C(C)C. The molecule has 0 bridgehead atoms. The standard InChI is InChI=1S/C29H42ClN5O6/c1-17(2)24(34-29(40)35-25(18(3)4)28(39)41-5)27(38)33-22-8-6-7-15-31-23(36)14-13-21(32-26(22)37)16-19-9-11-20(30)12-10-19/h9-14,17-18,21-22,24-25H,6-8,15-16H2,1-5H3,(H,31,36)(H,32,37)(H,33,38)(H2,34,35,40)/t21-,22+,24?,25?/m1/s1. The Morgan fingerprint density at radius 3 is 2.24 bits per heavy atom. The average molecular weight is 592 g/mol. The van der Waals surface area contributed by atoms with Gasteiger partial charge in [0.05, 0.1) is 13.2 Å². The molecule has 0 saturated carbocycles. The van der Waals surface area contributed by atoms with Gasteiger partial charge < -0.3 is 31.3 Å². The quantitative estimate of drug-likeness (QED) is 0.277. The molecule has 0 spiro atoms. The molecule has 1 aliphatic rings. The molecule has 5 amide bonds. The first-order valence-electron chi connectivity index (χ1n) is 13.9. The summed E-state index contributed by atoms with van der Waals surface area (Å²) in [6, 6.07) is 3.21. The minimum Gasteiger partial charge on any atom is -0.467 e. The summed E-state index contributed by atoms with van der Waals surface area (Å²) >= 11 is 6.00. The van der Waals surface area contributed by atoms with Crippen LogP contribution in [0.15, 0.2) is 36.4 Å². The van der Waals surface area contributed by atoms with Crippen LogP contribution in [-0.4, -0.2) is 67.5 Å². The third-order valence-electron chi connectivity index (χ3n) is 6.67. The predicted molar refractivity (Wildman–Crippen MR) is 156 cm³/mol. The first-order chi connectivity index (χ1) is 19.4. The van der Waals surface area contributed by atoms with Crippen LogP contribution < -0.4 is 26.6 Å². The van der Waals surface area contributed by atoms with Crippen LogP contribution in [0.2, 0.25) is 5.02 Å². The number of nitrogens with one attached hydrogen (secondary N) is 5. The lowest BCUT2D eigenvalue weighted by Crippen LogP contribution is -2.59. The molecular weight excluding hydrogens is 550 g/mol. The lowest BCUT2D eigenvalue weighted by Gasteiger charge is -2.27. The van der Waals surface area contributed by atoms with Crippen molar-refractivity contribution in [3.63, 3.8) is 0 Å². The zero-order chi connectivity index (χ0) is 30.5. The highest BCUT2D eigenvalue weighted by Gasteiger charge is 2.31. The number of methoxy groups -OCH3 is 1. The normalized spacial score (nSPS) is 19.6. The highest BCUT2D eigenvalue weighted by atomic mass is 35.5. The van der Waals surface area contributed by atoms with Gasteiger partial charge in [0.1, 0.15) is 18.1 Å². The van der Waals surface area contributed by atoms with Crippen LogP contribution >= 0.6 is 11.6 Å². The van der Waals surface area contributed by atoms with Gasteiger partial charge in [-0.1, -0.05) is 57.5 Å². The maximum absolute atomic E-state index is 13.4. The van der Waals surface area contributed by atoms with Gasteiger partial charge in [0.15, 0.2) is 0 Å². The molecule has 0 fully saturated rings. The summed E-state index contributed by atoms with van der Waals surface area (Å²) in [5.74, 6) is -2.33. The van der Waals surface area contributed by atoms with E-state index in [1.165, 1.54) is 13.2 Å². The largest absolute Gasteiger partial charge is 0.467 e. The summed E-state index contributed by atoms with van der Waals surface area (Å²) in [4.78, 5) is 63.7. The van der Waals surface area contributed by atoms with Crippen molar-refractivity contribution in [2.24, 2.45) is 11.8 Å². The second-order valence-electron chi connectivity index (χ2n) is 10.7. The molecule has 12 heteroatoms. The van der Waals surface area contributed by atoms with Crippen molar-refractivity contribution in [2.45, 2.75) is 77.5 Å². The van der Waals surface area contributed by atoms with E-state index in [4.69, 9.17) is 16.3 Å². The van der Waals surface area contributed by atoms with Crippen LogP contribution in [0, 0.1) is 11.8 Å². The molecular formula is C29H42ClN5O6. The summed E-state index contributed by atoms with van der Waals surface area (Å²) in [7, 11) is 1.24. The molecule has 0 aromatic heterocycles. The Kier molecular flexibility index (Phi) is 13.6. The van der Waals surface area contributed by atoms with Crippen molar-refractivity contribution in [1.29, 1.82) is 0 Å². The summed E-state index contributed by atoms with van der Waals surface area (Å²) in [6.07, 6.45) is 4.94.